The van der Waals surface area contributed by atoms with Gasteiger partial charge < -0.3 is 10.6 Å². The molecule has 2 aromatic carbocycles. The molecule has 2 rings (SSSR count). The van der Waals surface area contributed by atoms with Crippen LogP contribution in [0.15, 0.2) is 60.7 Å². The fraction of sp³-hybridized carbons (Fsp3) is 0.520. The lowest BCUT2D eigenvalue weighted by atomic mass is 10.1. The predicted molar refractivity (Wildman–Crippen MR) is 118 cm³/mol. The van der Waals surface area contributed by atoms with E-state index in [4.69, 9.17) is 0 Å². The quantitative estimate of drug-likeness (QED) is 0.439. The Bertz CT molecular complexity index is 528. The SMILES string of the molecule is C[C@@H](Cc1ccccc1)NCCCCCCCN[C@@H](C)Cc1ccccc1. The summed E-state index contributed by atoms with van der Waals surface area (Å²) in [6.45, 7) is 6.85. The Labute approximate surface area is 166 Å². The first kappa shape index (κ1) is 21.7. The topological polar surface area (TPSA) is 24.1 Å². The summed E-state index contributed by atoms with van der Waals surface area (Å²) in [5.41, 5.74) is 2.85. The van der Waals surface area contributed by atoms with E-state index in [9.17, 15) is 0 Å². The molecular formula is C25H38N2. The molecule has 27 heavy (non-hydrogen) atoms. The van der Waals surface area contributed by atoms with Gasteiger partial charge in [-0.1, -0.05) is 79.9 Å². The van der Waals surface area contributed by atoms with Crippen LogP contribution in [-0.4, -0.2) is 25.2 Å². The summed E-state index contributed by atoms with van der Waals surface area (Å²) in [5, 5.41) is 7.32. The van der Waals surface area contributed by atoms with E-state index < -0.39 is 0 Å². The van der Waals surface area contributed by atoms with Gasteiger partial charge in [-0.15, -0.1) is 0 Å². The highest BCUT2D eigenvalue weighted by atomic mass is 14.9. The van der Waals surface area contributed by atoms with Crippen LogP contribution in [0.3, 0.4) is 0 Å². The van der Waals surface area contributed by atoms with Gasteiger partial charge in [0.15, 0.2) is 0 Å². The van der Waals surface area contributed by atoms with Crippen molar-refractivity contribution in [3.8, 4) is 0 Å². The fourth-order valence-corrected chi connectivity index (χ4v) is 3.56. The maximum absolute atomic E-state index is 3.66. The zero-order chi connectivity index (χ0) is 19.2. The van der Waals surface area contributed by atoms with Crippen LogP contribution in [0, 0.1) is 0 Å². The Morgan fingerprint density at radius 2 is 0.926 bits per heavy atom. The summed E-state index contributed by atoms with van der Waals surface area (Å²) in [7, 11) is 0. The molecule has 0 radical (unpaired) electrons. The Kier molecular flexibility index (Phi) is 10.8. The molecule has 0 aliphatic heterocycles. The summed E-state index contributed by atoms with van der Waals surface area (Å²) in [4.78, 5) is 0. The summed E-state index contributed by atoms with van der Waals surface area (Å²) in [6.07, 6.45) is 8.84. The average Bonchev–Trinajstić information content (AvgIpc) is 2.68. The molecule has 0 bridgehead atoms. The van der Waals surface area contributed by atoms with Gasteiger partial charge in [-0.3, -0.25) is 0 Å². The molecule has 0 heterocycles. The van der Waals surface area contributed by atoms with Crippen LogP contribution in [-0.2, 0) is 12.8 Å². The van der Waals surface area contributed by atoms with E-state index in [1.54, 1.807) is 0 Å². The molecule has 2 aromatic rings. The second-order valence-corrected chi connectivity index (χ2v) is 7.86. The normalized spacial score (nSPS) is 13.4. The number of nitrogens with one attached hydrogen (secondary N) is 2. The second kappa shape index (κ2) is 13.5. The third kappa shape index (κ3) is 10.3. The van der Waals surface area contributed by atoms with E-state index in [1.165, 1.54) is 43.2 Å². The van der Waals surface area contributed by atoms with Gasteiger partial charge in [0.05, 0.1) is 0 Å². The molecule has 0 amide bonds. The highest BCUT2D eigenvalue weighted by Gasteiger charge is 2.03. The molecule has 2 N–H and O–H groups in total. The van der Waals surface area contributed by atoms with Crippen LogP contribution >= 0.6 is 0 Å². The van der Waals surface area contributed by atoms with Crippen molar-refractivity contribution in [3.05, 3.63) is 71.8 Å². The molecule has 2 heteroatoms. The monoisotopic (exact) mass is 366 g/mol. The molecule has 0 saturated heterocycles. The van der Waals surface area contributed by atoms with Gasteiger partial charge in [-0.25, -0.2) is 0 Å². The lowest BCUT2D eigenvalue weighted by Crippen LogP contribution is -2.29. The van der Waals surface area contributed by atoms with Crippen molar-refractivity contribution in [2.75, 3.05) is 13.1 Å². The van der Waals surface area contributed by atoms with E-state index in [-0.39, 0.29) is 0 Å². The lowest BCUT2D eigenvalue weighted by Gasteiger charge is -2.14. The molecule has 0 unspecified atom stereocenters. The maximum Gasteiger partial charge on any atom is 0.00791 e. The Hall–Kier alpha value is -1.64. The van der Waals surface area contributed by atoms with E-state index in [2.05, 4.69) is 85.1 Å². The van der Waals surface area contributed by atoms with Gasteiger partial charge in [0, 0.05) is 12.1 Å². The van der Waals surface area contributed by atoms with Crippen LogP contribution in [0.5, 0.6) is 0 Å². The second-order valence-electron chi connectivity index (χ2n) is 7.86. The van der Waals surface area contributed by atoms with Crippen molar-refractivity contribution in [2.45, 2.75) is 70.9 Å². The lowest BCUT2D eigenvalue weighted by molar-refractivity contribution is 0.495. The number of hydrogen-bond donors (Lipinski definition) is 2. The molecule has 148 valence electrons. The van der Waals surface area contributed by atoms with Crippen LogP contribution in [0.25, 0.3) is 0 Å². The zero-order valence-corrected chi connectivity index (χ0v) is 17.3. The molecular weight excluding hydrogens is 328 g/mol. The van der Waals surface area contributed by atoms with Crippen molar-refractivity contribution in [1.82, 2.24) is 10.6 Å². The standard InChI is InChI=1S/C25H38N2/c1-22(20-24-14-8-6-9-15-24)26-18-12-4-3-5-13-19-27-23(2)21-25-16-10-7-11-17-25/h6-11,14-17,22-23,26-27H,3-5,12-13,18-21H2,1-2H3/t22-,23-/m0/s1. The first-order valence-electron chi connectivity index (χ1n) is 10.8. The van der Waals surface area contributed by atoms with Crippen LogP contribution < -0.4 is 10.6 Å². The molecule has 0 fully saturated rings. The fourth-order valence-electron chi connectivity index (χ4n) is 3.56. The van der Waals surface area contributed by atoms with Crippen LogP contribution in [0.4, 0.5) is 0 Å². The number of rotatable bonds is 14. The van der Waals surface area contributed by atoms with Gasteiger partial charge in [0.25, 0.3) is 0 Å². The summed E-state index contributed by atoms with van der Waals surface area (Å²) >= 11 is 0. The minimum absolute atomic E-state index is 0.558. The highest BCUT2D eigenvalue weighted by molar-refractivity contribution is 5.16. The molecule has 2 atom stereocenters. The highest BCUT2D eigenvalue weighted by Crippen LogP contribution is 2.06. The first-order chi connectivity index (χ1) is 13.2. The van der Waals surface area contributed by atoms with Gasteiger partial charge in [0.2, 0.25) is 0 Å². The van der Waals surface area contributed by atoms with Crippen molar-refractivity contribution in [2.24, 2.45) is 0 Å². The van der Waals surface area contributed by atoms with Gasteiger partial charge in [0.1, 0.15) is 0 Å². The van der Waals surface area contributed by atoms with Crippen molar-refractivity contribution in [3.63, 3.8) is 0 Å². The van der Waals surface area contributed by atoms with E-state index in [1.807, 2.05) is 0 Å². The van der Waals surface area contributed by atoms with Crippen molar-refractivity contribution in [1.29, 1.82) is 0 Å². The molecule has 2 nitrogen and oxygen atoms in total. The summed E-state index contributed by atoms with van der Waals surface area (Å²) < 4.78 is 0. The summed E-state index contributed by atoms with van der Waals surface area (Å²) in [5.74, 6) is 0. The Balaban J connectivity index is 1.39. The Morgan fingerprint density at radius 3 is 1.33 bits per heavy atom. The molecule has 0 spiro atoms. The average molecular weight is 367 g/mol. The minimum Gasteiger partial charge on any atom is -0.314 e. The smallest absolute Gasteiger partial charge is 0.00791 e. The Morgan fingerprint density at radius 1 is 0.556 bits per heavy atom. The van der Waals surface area contributed by atoms with Crippen molar-refractivity contribution < 1.29 is 0 Å². The number of unbranched alkanes of at least 4 members (excludes halogenated alkanes) is 4. The minimum atomic E-state index is 0.558. The zero-order valence-electron chi connectivity index (χ0n) is 17.3. The summed E-state index contributed by atoms with van der Waals surface area (Å²) in [6, 6.07) is 22.6. The maximum atomic E-state index is 3.66. The molecule has 0 aliphatic rings. The third-order valence-corrected chi connectivity index (χ3v) is 5.11. The van der Waals surface area contributed by atoms with E-state index in [0.717, 1.165) is 25.9 Å². The van der Waals surface area contributed by atoms with Gasteiger partial charge in [-0.2, -0.15) is 0 Å². The molecule has 0 aliphatic carbocycles. The van der Waals surface area contributed by atoms with E-state index in [0.29, 0.717) is 12.1 Å². The number of hydrogen-bond acceptors (Lipinski definition) is 2. The first-order valence-corrected chi connectivity index (χ1v) is 10.8. The van der Waals surface area contributed by atoms with Crippen LogP contribution in [0.2, 0.25) is 0 Å². The third-order valence-electron chi connectivity index (χ3n) is 5.11. The molecule has 0 saturated carbocycles. The van der Waals surface area contributed by atoms with Gasteiger partial charge in [-0.05, 0) is 63.7 Å². The van der Waals surface area contributed by atoms with Crippen LogP contribution in [0.1, 0.15) is 57.1 Å². The van der Waals surface area contributed by atoms with E-state index >= 15 is 0 Å². The predicted octanol–water partition coefficient (Wildman–Crippen LogP) is 5.38. The molecule has 0 aromatic heterocycles. The number of benzene rings is 2. The van der Waals surface area contributed by atoms with Crippen molar-refractivity contribution >= 4 is 0 Å². The largest absolute Gasteiger partial charge is 0.314 e. The van der Waals surface area contributed by atoms with Gasteiger partial charge >= 0.3 is 0 Å².